The lowest BCUT2D eigenvalue weighted by Gasteiger charge is -2.27. The van der Waals surface area contributed by atoms with Crippen LogP contribution in [0.3, 0.4) is 0 Å². The van der Waals surface area contributed by atoms with Crippen LogP contribution in [0.1, 0.15) is 26.7 Å². The fraction of sp³-hybridized carbons (Fsp3) is 0.600. The van der Waals surface area contributed by atoms with Gasteiger partial charge in [-0.25, -0.2) is 4.98 Å². The molecule has 3 N–H and O–H groups in total. The van der Waals surface area contributed by atoms with Gasteiger partial charge in [0.1, 0.15) is 5.82 Å². The monoisotopic (exact) mass is 292 g/mol. The molecule has 1 aromatic rings. The minimum absolute atomic E-state index is 0.0329. The van der Waals surface area contributed by atoms with E-state index >= 15 is 0 Å². The van der Waals surface area contributed by atoms with Gasteiger partial charge in [-0.3, -0.25) is 4.79 Å². The van der Waals surface area contributed by atoms with Gasteiger partial charge in [-0.1, -0.05) is 0 Å². The number of rotatable bonds is 5. The standard InChI is InChI=1S/C15H24N4O2/c1-15(2,16)6-5-14(20)18-12-3-4-13(17-11-12)19-7-9-21-10-8-19/h3-4,11H,5-10,16H2,1-2H3,(H,18,20). The second-order valence-electron chi connectivity index (χ2n) is 6.04. The summed E-state index contributed by atoms with van der Waals surface area (Å²) in [7, 11) is 0. The van der Waals surface area contributed by atoms with Gasteiger partial charge in [-0.15, -0.1) is 0 Å². The van der Waals surface area contributed by atoms with E-state index in [1.165, 1.54) is 0 Å². The predicted octanol–water partition coefficient (Wildman–Crippen LogP) is 1.37. The second kappa shape index (κ2) is 6.87. The molecule has 2 heterocycles. The minimum atomic E-state index is -0.324. The van der Waals surface area contributed by atoms with Gasteiger partial charge in [-0.05, 0) is 32.4 Å². The first-order valence-electron chi connectivity index (χ1n) is 7.31. The predicted molar refractivity (Wildman–Crippen MR) is 83.4 cm³/mol. The van der Waals surface area contributed by atoms with Crippen LogP contribution in [0.25, 0.3) is 0 Å². The molecule has 0 aromatic carbocycles. The fourth-order valence-electron chi connectivity index (χ4n) is 2.10. The molecule has 1 aliphatic heterocycles. The number of hydrogen-bond donors (Lipinski definition) is 2. The number of carbonyl (C=O) groups excluding carboxylic acids is 1. The largest absolute Gasteiger partial charge is 0.378 e. The molecule has 0 atom stereocenters. The fourth-order valence-corrected chi connectivity index (χ4v) is 2.10. The third-order valence-electron chi connectivity index (χ3n) is 3.36. The highest BCUT2D eigenvalue weighted by Gasteiger charge is 2.14. The first-order chi connectivity index (χ1) is 9.94. The van der Waals surface area contributed by atoms with Gasteiger partial charge in [0, 0.05) is 25.0 Å². The normalized spacial score (nSPS) is 15.9. The molecule has 1 aromatic heterocycles. The van der Waals surface area contributed by atoms with Crippen molar-refractivity contribution in [3.63, 3.8) is 0 Å². The van der Waals surface area contributed by atoms with Crippen molar-refractivity contribution >= 4 is 17.4 Å². The lowest BCUT2D eigenvalue weighted by molar-refractivity contribution is -0.116. The van der Waals surface area contributed by atoms with E-state index in [9.17, 15) is 4.79 Å². The Morgan fingerprint density at radius 3 is 2.71 bits per heavy atom. The third-order valence-corrected chi connectivity index (χ3v) is 3.36. The van der Waals surface area contributed by atoms with Crippen LogP contribution in [0, 0.1) is 0 Å². The summed E-state index contributed by atoms with van der Waals surface area (Å²) in [6, 6.07) is 3.80. The van der Waals surface area contributed by atoms with Crippen LogP contribution in [0.5, 0.6) is 0 Å². The van der Waals surface area contributed by atoms with Crippen LogP contribution in [0.2, 0.25) is 0 Å². The smallest absolute Gasteiger partial charge is 0.224 e. The number of ether oxygens (including phenoxy) is 1. The lowest BCUT2D eigenvalue weighted by atomic mass is 10.00. The van der Waals surface area contributed by atoms with Crippen molar-refractivity contribution in [3.05, 3.63) is 18.3 Å². The summed E-state index contributed by atoms with van der Waals surface area (Å²) in [5.74, 6) is 0.883. The van der Waals surface area contributed by atoms with Crippen LogP contribution >= 0.6 is 0 Å². The van der Waals surface area contributed by atoms with Crippen molar-refractivity contribution < 1.29 is 9.53 Å². The van der Waals surface area contributed by atoms with Crippen molar-refractivity contribution in [2.24, 2.45) is 5.73 Å². The maximum absolute atomic E-state index is 11.8. The Balaban J connectivity index is 1.85. The van der Waals surface area contributed by atoms with Crippen LogP contribution in [0.15, 0.2) is 18.3 Å². The van der Waals surface area contributed by atoms with Gasteiger partial charge in [0.2, 0.25) is 5.91 Å². The van der Waals surface area contributed by atoms with E-state index in [1.807, 2.05) is 26.0 Å². The molecule has 0 radical (unpaired) electrons. The Kier molecular flexibility index (Phi) is 5.14. The van der Waals surface area contributed by atoms with Crippen LogP contribution in [-0.4, -0.2) is 42.7 Å². The average molecular weight is 292 g/mol. The van der Waals surface area contributed by atoms with E-state index in [1.54, 1.807) is 6.20 Å². The second-order valence-corrected chi connectivity index (χ2v) is 6.04. The highest BCUT2D eigenvalue weighted by molar-refractivity contribution is 5.90. The Bertz CT molecular complexity index is 462. The SMILES string of the molecule is CC(C)(N)CCC(=O)Nc1ccc(N2CCOCC2)nc1. The number of aromatic nitrogens is 1. The first kappa shape index (κ1) is 15.7. The van der Waals surface area contributed by atoms with Gasteiger partial charge < -0.3 is 20.7 Å². The van der Waals surface area contributed by atoms with Gasteiger partial charge in [0.25, 0.3) is 0 Å². The zero-order valence-electron chi connectivity index (χ0n) is 12.8. The number of anilines is 2. The Morgan fingerprint density at radius 2 is 2.14 bits per heavy atom. The molecule has 0 unspecified atom stereocenters. The molecule has 1 amide bonds. The minimum Gasteiger partial charge on any atom is -0.378 e. The number of morpholine rings is 1. The van der Waals surface area contributed by atoms with Gasteiger partial charge in [0.05, 0.1) is 25.1 Å². The van der Waals surface area contributed by atoms with Crippen molar-refractivity contribution in [2.75, 3.05) is 36.5 Å². The summed E-state index contributed by atoms with van der Waals surface area (Å²) in [5, 5.41) is 2.84. The van der Waals surface area contributed by atoms with Crippen molar-refractivity contribution in [3.8, 4) is 0 Å². The number of nitrogens with one attached hydrogen (secondary N) is 1. The molecule has 116 valence electrons. The van der Waals surface area contributed by atoms with Crippen molar-refractivity contribution in [2.45, 2.75) is 32.2 Å². The third kappa shape index (κ3) is 5.32. The highest BCUT2D eigenvalue weighted by Crippen LogP contribution is 2.16. The van der Waals surface area contributed by atoms with E-state index in [0.29, 0.717) is 18.5 Å². The summed E-state index contributed by atoms with van der Waals surface area (Å²) in [5.41, 5.74) is 6.26. The number of hydrogen-bond acceptors (Lipinski definition) is 5. The summed E-state index contributed by atoms with van der Waals surface area (Å²) >= 11 is 0. The molecule has 1 saturated heterocycles. The number of nitrogens with zero attached hydrogens (tertiary/aromatic N) is 2. The molecule has 1 fully saturated rings. The summed E-state index contributed by atoms with van der Waals surface area (Å²) < 4.78 is 5.32. The number of pyridine rings is 1. The lowest BCUT2D eigenvalue weighted by Crippen LogP contribution is -2.36. The maximum Gasteiger partial charge on any atom is 0.224 e. The van der Waals surface area contributed by atoms with Gasteiger partial charge in [0.15, 0.2) is 0 Å². The molecule has 6 heteroatoms. The quantitative estimate of drug-likeness (QED) is 0.857. The van der Waals surface area contributed by atoms with E-state index in [4.69, 9.17) is 10.5 Å². The van der Waals surface area contributed by atoms with Crippen LogP contribution in [0.4, 0.5) is 11.5 Å². The molecule has 2 rings (SSSR count). The maximum atomic E-state index is 11.8. The van der Waals surface area contributed by atoms with Crippen molar-refractivity contribution in [1.82, 2.24) is 4.98 Å². The zero-order valence-corrected chi connectivity index (χ0v) is 12.8. The van der Waals surface area contributed by atoms with Gasteiger partial charge in [-0.2, -0.15) is 0 Å². The van der Waals surface area contributed by atoms with E-state index in [-0.39, 0.29) is 11.4 Å². The summed E-state index contributed by atoms with van der Waals surface area (Å²) in [6.07, 6.45) is 2.75. The molecular formula is C15H24N4O2. The number of amides is 1. The first-order valence-corrected chi connectivity index (χ1v) is 7.31. The van der Waals surface area contributed by atoms with Crippen LogP contribution in [-0.2, 0) is 9.53 Å². The zero-order chi connectivity index (χ0) is 15.3. The molecule has 0 aliphatic carbocycles. The molecule has 0 saturated carbocycles. The summed E-state index contributed by atoms with van der Waals surface area (Å²) in [4.78, 5) is 18.4. The van der Waals surface area contributed by atoms with E-state index < -0.39 is 0 Å². The molecular weight excluding hydrogens is 268 g/mol. The highest BCUT2D eigenvalue weighted by atomic mass is 16.5. The summed E-state index contributed by atoms with van der Waals surface area (Å²) in [6.45, 7) is 7.00. The molecule has 6 nitrogen and oxygen atoms in total. The Labute approximate surface area is 125 Å². The number of nitrogens with two attached hydrogens (primary N) is 1. The molecule has 0 bridgehead atoms. The van der Waals surface area contributed by atoms with Crippen molar-refractivity contribution in [1.29, 1.82) is 0 Å². The van der Waals surface area contributed by atoms with E-state index in [0.717, 1.165) is 32.1 Å². The molecule has 21 heavy (non-hydrogen) atoms. The molecule has 0 spiro atoms. The van der Waals surface area contributed by atoms with E-state index in [2.05, 4.69) is 15.2 Å². The number of carbonyl (C=O) groups is 1. The Hall–Kier alpha value is -1.66. The van der Waals surface area contributed by atoms with Crippen LogP contribution < -0.4 is 16.0 Å². The van der Waals surface area contributed by atoms with Gasteiger partial charge >= 0.3 is 0 Å². The molecule has 1 aliphatic rings. The Morgan fingerprint density at radius 1 is 1.43 bits per heavy atom. The average Bonchev–Trinajstić information content (AvgIpc) is 2.46. The topological polar surface area (TPSA) is 80.5 Å².